The Morgan fingerprint density at radius 2 is 1.75 bits per heavy atom. The number of aryl methyl sites for hydroxylation is 1. The number of nitrogens with one attached hydrogen (secondary N) is 2. The van der Waals surface area contributed by atoms with Crippen LogP contribution in [0, 0.1) is 6.92 Å². The van der Waals surface area contributed by atoms with Gasteiger partial charge in [0.15, 0.2) is 0 Å². The summed E-state index contributed by atoms with van der Waals surface area (Å²) in [6.07, 6.45) is 0. The summed E-state index contributed by atoms with van der Waals surface area (Å²) in [6, 6.07) is 22.4. The number of carbonyl (C=O) groups excluding carboxylic acids is 1. The minimum Gasteiger partial charge on any atom is -0.328 e. The fraction of sp³-hybridized carbons (Fsp3) is 0.148. The van der Waals surface area contributed by atoms with Crippen molar-refractivity contribution in [1.82, 2.24) is 14.8 Å². The molecule has 9 heteroatoms. The van der Waals surface area contributed by atoms with Gasteiger partial charge in [-0.15, -0.1) is 5.10 Å². The molecule has 0 radical (unpaired) electrons. The number of fused-ring (bicyclic) bond motifs is 1. The maximum absolute atomic E-state index is 13.6. The summed E-state index contributed by atoms with van der Waals surface area (Å²) >= 11 is 14.0. The molecule has 1 atom stereocenters. The van der Waals surface area contributed by atoms with Gasteiger partial charge in [-0.1, -0.05) is 83.5 Å². The van der Waals surface area contributed by atoms with Crippen LogP contribution in [0.15, 0.2) is 89.2 Å². The molecule has 1 aromatic heterocycles. The Morgan fingerprint density at radius 1 is 1.03 bits per heavy atom. The van der Waals surface area contributed by atoms with Crippen molar-refractivity contribution in [3.8, 4) is 0 Å². The molecular formula is C27H23Cl2N5OS. The zero-order valence-corrected chi connectivity index (χ0v) is 22.0. The van der Waals surface area contributed by atoms with Crippen LogP contribution in [0.3, 0.4) is 0 Å². The highest BCUT2D eigenvalue weighted by molar-refractivity contribution is 7.98. The van der Waals surface area contributed by atoms with Crippen molar-refractivity contribution in [2.45, 2.75) is 30.8 Å². The molecule has 1 aliphatic rings. The minimum atomic E-state index is -0.482. The van der Waals surface area contributed by atoms with E-state index in [1.807, 2.05) is 86.6 Å². The summed E-state index contributed by atoms with van der Waals surface area (Å²) < 4.78 is 1.76. The summed E-state index contributed by atoms with van der Waals surface area (Å²) in [7, 11) is 0. The van der Waals surface area contributed by atoms with Crippen LogP contribution in [0.4, 0.5) is 11.6 Å². The fourth-order valence-electron chi connectivity index (χ4n) is 4.10. The monoisotopic (exact) mass is 535 g/mol. The number of hydrogen-bond donors (Lipinski definition) is 2. The molecule has 1 amide bonds. The van der Waals surface area contributed by atoms with Crippen LogP contribution < -0.4 is 10.6 Å². The minimum absolute atomic E-state index is 0.208. The van der Waals surface area contributed by atoms with Crippen molar-refractivity contribution in [2.75, 3.05) is 10.6 Å². The lowest BCUT2D eigenvalue weighted by molar-refractivity contribution is -0.113. The summed E-state index contributed by atoms with van der Waals surface area (Å²) in [6.45, 7) is 3.84. The number of nitrogens with zero attached hydrogens (tertiary/aromatic N) is 3. The first-order valence-electron chi connectivity index (χ1n) is 11.3. The Kier molecular flexibility index (Phi) is 7.05. The molecule has 1 unspecified atom stereocenters. The number of carbonyl (C=O) groups is 1. The summed E-state index contributed by atoms with van der Waals surface area (Å²) in [5, 5.41) is 13.0. The molecule has 0 bridgehead atoms. The number of para-hydroxylation sites is 1. The van der Waals surface area contributed by atoms with E-state index in [1.54, 1.807) is 4.68 Å². The number of benzene rings is 3. The predicted molar refractivity (Wildman–Crippen MR) is 147 cm³/mol. The number of hydrogen-bond acceptors (Lipinski definition) is 5. The second-order valence-electron chi connectivity index (χ2n) is 8.43. The van der Waals surface area contributed by atoms with Crippen molar-refractivity contribution < 1.29 is 4.79 Å². The number of halogens is 2. The molecule has 4 aromatic rings. The predicted octanol–water partition coefficient (Wildman–Crippen LogP) is 7.11. The molecule has 182 valence electrons. The molecule has 0 fully saturated rings. The van der Waals surface area contributed by atoms with Crippen LogP contribution in [0.1, 0.15) is 29.7 Å². The van der Waals surface area contributed by atoms with E-state index in [0.717, 1.165) is 22.4 Å². The number of aromatic nitrogens is 3. The van der Waals surface area contributed by atoms with Gasteiger partial charge in [-0.2, -0.15) is 4.98 Å². The van der Waals surface area contributed by atoms with Gasteiger partial charge in [0.25, 0.3) is 5.91 Å². The molecule has 0 spiro atoms. The number of allylic oxidation sites excluding steroid dienone is 1. The lowest BCUT2D eigenvalue weighted by Gasteiger charge is -2.28. The Morgan fingerprint density at radius 3 is 2.50 bits per heavy atom. The quantitative estimate of drug-likeness (QED) is 0.257. The zero-order valence-electron chi connectivity index (χ0n) is 19.6. The number of anilines is 2. The molecule has 0 aliphatic carbocycles. The maximum atomic E-state index is 13.6. The van der Waals surface area contributed by atoms with Crippen LogP contribution >= 0.6 is 35.0 Å². The van der Waals surface area contributed by atoms with Crippen LogP contribution in [-0.2, 0) is 10.5 Å². The lowest BCUT2D eigenvalue weighted by Crippen LogP contribution is -2.31. The molecule has 5 rings (SSSR count). The fourth-order valence-corrected chi connectivity index (χ4v) is 5.34. The molecule has 1 aliphatic heterocycles. The van der Waals surface area contributed by atoms with Gasteiger partial charge >= 0.3 is 0 Å². The molecule has 0 saturated heterocycles. The first-order chi connectivity index (χ1) is 17.4. The van der Waals surface area contributed by atoms with Gasteiger partial charge < -0.3 is 10.6 Å². The van der Waals surface area contributed by atoms with Gasteiger partial charge in [-0.05, 0) is 54.8 Å². The van der Waals surface area contributed by atoms with Crippen LogP contribution in [-0.4, -0.2) is 20.7 Å². The van der Waals surface area contributed by atoms with Crippen molar-refractivity contribution in [1.29, 1.82) is 0 Å². The SMILES string of the molecule is CC1=C(C(=O)Nc2ccccc2C)C(c2ccc(Cl)cc2)n2nc(SCc3ccccc3Cl)nc2N1. The molecule has 2 heterocycles. The Labute approximate surface area is 223 Å². The smallest absolute Gasteiger partial charge is 0.255 e. The normalized spacial score (nSPS) is 14.8. The van der Waals surface area contributed by atoms with E-state index >= 15 is 0 Å². The second-order valence-corrected chi connectivity index (χ2v) is 10.2. The number of rotatable bonds is 6. The van der Waals surface area contributed by atoms with Crippen LogP contribution in [0.2, 0.25) is 10.0 Å². The van der Waals surface area contributed by atoms with Gasteiger partial charge in [-0.3, -0.25) is 4.79 Å². The number of thioether (sulfide) groups is 1. The number of amides is 1. The van der Waals surface area contributed by atoms with E-state index in [-0.39, 0.29) is 5.91 Å². The van der Waals surface area contributed by atoms with Crippen LogP contribution in [0.5, 0.6) is 0 Å². The third kappa shape index (κ3) is 5.00. The Hall–Kier alpha value is -3.26. The van der Waals surface area contributed by atoms with Gasteiger partial charge in [0, 0.05) is 27.2 Å². The average molecular weight is 536 g/mol. The van der Waals surface area contributed by atoms with E-state index in [9.17, 15) is 4.79 Å². The summed E-state index contributed by atoms with van der Waals surface area (Å²) in [5.41, 5.74) is 4.90. The zero-order chi connectivity index (χ0) is 25.2. The molecule has 6 nitrogen and oxygen atoms in total. The maximum Gasteiger partial charge on any atom is 0.255 e. The van der Waals surface area contributed by atoms with Gasteiger partial charge in [0.1, 0.15) is 6.04 Å². The van der Waals surface area contributed by atoms with Crippen molar-refractivity contribution in [3.05, 3.63) is 111 Å². The lowest BCUT2D eigenvalue weighted by atomic mass is 9.95. The summed E-state index contributed by atoms with van der Waals surface area (Å²) in [5.74, 6) is 0.990. The highest BCUT2D eigenvalue weighted by Crippen LogP contribution is 2.37. The molecule has 0 saturated carbocycles. The molecule has 2 N–H and O–H groups in total. The van der Waals surface area contributed by atoms with Crippen molar-refractivity contribution >= 4 is 52.5 Å². The van der Waals surface area contributed by atoms with E-state index in [2.05, 4.69) is 10.6 Å². The summed E-state index contributed by atoms with van der Waals surface area (Å²) in [4.78, 5) is 18.3. The van der Waals surface area contributed by atoms with Crippen molar-refractivity contribution in [2.24, 2.45) is 0 Å². The first-order valence-corrected chi connectivity index (χ1v) is 13.1. The molecule has 3 aromatic carbocycles. The third-order valence-corrected chi connectivity index (χ3v) is 7.48. The average Bonchev–Trinajstić information content (AvgIpc) is 3.27. The van der Waals surface area contributed by atoms with Gasteiger partial charge in [-0.25, -0.2) is 4.68 Å². The van der Waals surface area contributed by atoms with Crippen molar-refractivity contribution in [3.63, 3.8) is 0 Å². The molecular weight excluding hydrogens is 513 g/mol. The second kappa shape index (κ2) is 10.4. The Balaban J connectivity index is 1.50. The van der Waals surface area contributed by atoms with Crippen LogP contribution in [0.25, 0.3) is 0 Å². The van der Waals surface area contributed by atoms with E-state index in [0.29, 0.717) is 38.2 Å². The first kappa shape index (κ1) is 24.4. The molecule has 36 heavy (non-hydrogen) atoms. The topological polar surface area (TPSA) is 71.8 Å². The van der Waals surface area contributed by atoms with Gasteiger partial charge in [0.05, 0.1) is 5.57 Å². The van der Waals surface area contributed by atoms with Gasteiger partial charge in [0.2, 0.25) is 11.1 Å². The largest absolute Gasteiger partial charge is 0.328 e. The van der Waals surface area contributed by atoms with E-state index < -0.39 is 6.04 Å². The van der Waals surface area contributed by atoms with E-state index in [4.69, 9.17) is 33.3 Å². The highest BCUT2D eigenvalue weighted by atomic mass is 35.5. The third-order valence-electron chi connectivity index (χ3n) is 5.97. The van der Waals surface area contributed by atoms with E-state index in [1.165, 1.54) is 11.8 Å². The highest BCUT2D eigenvalue weighted by Gasteiger charge is 2.34. The standard InChI is InChI=1S/C27H23Cl2N5OS/c1-16-7-3-6-10-22(16)31-25(35)23-17(2)30-26-32-27(36-15-19-8-4-5-9-21(19)29)33-34(26)24(23)18-11-13-20(28)14-12-18/h3-14,24H,15H2,1-2H3,(H,31,35)(H,30,32,33). The Bertz CT molecular complexity index is 1470.